The Balaban J connectivity index is 3.37. The number of hydrogen-bond donors (Lipinski definition) is 0. The average Bonchev–Trinajstić information content (AvgIpc) is 2.17. The highest BCUT2D eigenvalue weighted by molar-refractivity contribution is 4.94. The Bertz CT molecular complexity index is 197. The molecule has 0 rings (SSSR count). The molecule has 0 saturated heterocycles. The van der Waals surface area contributed by atoms with Gasteiger partial charge >= 0.3 is 0 Å². The van der Waals surface area contributed by atoms with Crippen LogP contribution in [0.15, 0.2) is 12.8 Å². The van der Waals surface area contributed by atoms with Gasteiger partial charge < -0.3 is 4.90 Å². The fraction of sp³-hybridized carbons (Fsp3) is 0.692. The minimum atomic E-state index is 0.757. The van der Waals surface area contributed by atoms with Gasteiger partial charge in [-0.15, -0.1) is 11.8 Å². The van der Waals surface area contributed by atoms with Crippen molar-refractivity contribution in [3.05, 3.63) is 12.8 Å². The zero-order valence-electron chi connectivity index (χ0n) is 9.84. The molecule has 1 nitrogen and oxygen atoms in total. The second-order valence-corrected chi connectivity index (χ2v) is 3.90. The molecule has 0 spiro atoms. The van der Waals surface area contributed by atoms with Gasteiger partial charge in [-0.2, -0.15) is 0 Å². The molecule has 0 heterocycles. The first kappa shape index (κ1) is 13.1. The van der Waals surface area contributed by atoms with Crippen LogP contribution in [0, 0.1) is 17.8 Å². The first-order valence-electron chi connectivity index (χ1n) is 5.43. The molecule has 14 heavy (non-hydrogen) atoms. The normalized spacial score (nSPS) is 11.4. The van der Waals surface area contributed by atoms with Gasteiger partial charge in [0, 0.05) is 20.0 Å². The Morgan fingerprint density at radius 2 is 2.14 bits per heavy atom. The summed E-state index contributed by atoms with van der Waals surface area (Å²) in [7, 11) is 2.08. The van der Waals surface area contributed by atoms with E-state index in [-0.39, 0.29) is 0 Å². The molecule has 0 amide bonds. The van der Waals surface area contributed by atoms with Gasteiger partial charge in [0.25, 0.3) is 0 Å². The van der Waals surface area contributed by atoms with Gasteiger partial charge in [-0.3, -0.25) is 0 Å². The van der Waals surface area contributed by atoms with Crippen LogP contribution >= 0.6 is 0 Å². The van der Waals surface area contributed by atoms with E-state index >= 15 is 0 Å². The van der Waals surface area contributed by atoms with E-state index in [1.54, 1.807) is 0 Å². The SMILES string of the molecule is C=CN(C)CC(C)CCCCC#CC. The van der Waals surface area contributed by atoms with Crippen molar-refractivity contribution in [3.63, 3.8) is 0 Å². The van der Waals surface area contributed by atoms with Crippen molar-refractivity contribution in [2.24, 2.45) is 5.92 Å². The molecule has 0 aliphatic rings. The summed E-state index contributed by atoms with van der Waals surface area (Å²) in [6.07, 6.45) is 6.77. The molecule has 0 aromatic carbocycles. The van der Waals surface area contributed by atoms with E-state index in [9.17, 15) is 0 Å². The summed E-state index contributed by atoms with van der Waals surface area (Å²) in [6.45, 7) is 9.06. The highest BCUT2D eigenvalue weighted by Crippen LogP contribution is 2.10. The van der Waals surface area contributed by atoms with E-state index in [0.29, 0.717) is 0 Å². The molecule has 80 valence electrons. The Kier molecular flexibility index (Phi) is 8.13. The van der Waals surface area contributed by atoms with E-state index < -0.39 is 0 Å². The minimum Gasteiger partial charge on any atom is -0.381 e. The fourth-order valence-electron chi connectivity index (χ4n) is 1.49. The van der Waals surface area contributed by atoms with E-state index in [4.69, 9.17) is 0 Å². The molecule has 0 N–H and O–H groups in total. The van der Waals surface area contributed by atoms with Crippen LogP contribution in [0.2, 0.25) is 0 Å². The Morgan fingerprint density at radius 1 is 1.43 bits per heavy atom. The zero-order chi connectivity index (χ0) is 10.8. The third-order valence-corrected chi connectivity index (χ3v) is 2.34. The van der Waals surface area contributed by atoms with Crippen LogP contribution in [-0.2, 0) is 0 Å². The van der Waals surface area contributed by atoms with Crippen LogP contribution in [0.4, 0.5) is 0 Å². The third kappa shape index (κ3) is 7.73. The van der Waals surface area contributed by atoms with Crippen molar-refractivity contribution in [2.75, 3.05) is 13.6 Å². The van der Waals surface area contributed by atoms with Gasteiger partial charge in [0.1, 0.15) is 0 Å². The van der Waals surface area contributed by atoms with Gasteiger partial charge in [-0.25, -0.2) is 0 Å². The van der Waals surface area contributed by atoms with Gasteiger partial charge in [-0.05, 0) is 31.9 Å². The topological polar surface area (TPSA) is 3.24 Å². The van der Waals surface area contributed by atoms with Gasteiger partial charge in [0.15, 0.2) is 0 Å². The summed E-state index contributed by atoms with van der Waals surface area (Å²) in [5.41, 5.74) is 0. The molecule has 0 bridgehead atoms. The zero-order valence-corrected chi connectivity index (χ0v) is 9.84. The van der Waals surface area contributed by atoms with Crippen molar-refractivity contribution in [3.8, 4) is 11.8 Å². The van der Waals surface area contributed by atoms with Crippen molar-refractivity contribution in [2.45, 2.75) is 39.5 Å². The van der Waals surface area contributed by atoms with Crippen molar-refractivity contribution in [1.29, 1.82) is 0 Å². The summed E-state index contributed by atoms with van der Waals surface area (Å²) < 4.78 is 0. The summed E-state index contributed by atoms with van der Waals surface area (Å²) in [6, 6.07) is 0. The maximum Gasteiger partial charge on any atom is 0.0194 e. The standard InChI is InChI=1S/C13H23N/c1-5-7-8-9-10-11-13(3)12-14(4)6-2/h6,13H,2,8-12H2,1,3-4H3. The quantitative estimate of drug-likeness (QED) is 0.443. The van der Waals surface area contributed by atoms with E-state index in [1.165, 1.54) is 19.3 Å². The number of nitrogens with zero attached hydrogens (tertiary/aromatic N) is 1. The van der Waals surface area contributed by atoms with Crippen LogP contribution in [0.1, 0.15) is 39.5 Å². The molecule has 0 radical (unpaired) electrons. The van der Waals surface area contributed by atoms with Crippen molar-refractivity contribution < 1.29 is 0 Å². The molecular weight excluding hydrogens is 170 g/mol. The smallest absolute Gasteiger partial charge is 0.0194 e. The van der Waals surface area contributed by atoms with E-state index in [2.05, 4.69) is 37.3 Å². The first-order chi connectivity index (χ1) is 6.70. The summed E-state index contributed by atoms with van der Waals surface area (Å²) in [5.74, 6) is 6.78. The predicted molar refractivity (Wildman–Crippen MR) is 63.9 cm³/mol. The second kappa shape index (κ2) is 8.69. The van der Waals surface area contributed by atoms with Gasteiger partial charge in [-0.1, -0.05) is 19.9 Å². The Hall–Kier alpha value is -0.900. The van der Waals surface area contributed by atoms with Gasteiger partial charge in [0.2, 0.25) is 0 Å². The van der Waals surface area contributed by atoms with Crippen LogP contribution in [0.25, 0.3) is 0 Å². The van der Waals surface area contributed by atoms with Crippen molar-refractivity contribution in [1.82, 2.24) is 4.90 Å². The Labute approximate surface area is 89.2 Å². The minimum absolute atomic E-state index is 0.757. The molecule has 1 atom stereocenters. The maximum absolute atomic E-state index is 3.74. The molecule has 0 aromatic rings. The molecule has 0 aliphatic carbocycles. The lowest BCUT2D eigenvalue weighted by Gasteiger charge is -2.18. The molecule has 1 heteroatoms. The van der Waals surface area contributed by atoms with Crippen LogP contribution in [0.3, 0.4) is 0 Å². The van der Waals surface area contributed by atoms with E-state index in [0.717, 1.165) is 18.9 Å². The summed E-state index contributed by atoms with van der Waals surface area (Å²) in [4.78, 5) is 2.15. The van der Waals surface area contributed by atoms with Crippen LogP contribution in [0.5, 0.6) is 0 Å². The Morgan fingerprint density at radius 3 is 2.71 bits per heavy atom. The van der Waals surface area contributed by atoms with E-state index in [1.807, 2.05) is 13.1 Å². The highest BCUT2D eigenvalue weighted by Gasteiger charge is 2.02. The molecular formula is C13H23N. The molecule has 0 aromatic heterocycles. The molecule has 0 saturated carbocycles. The second-order valence-electron chi connectivity index (χ2n) is 3.90. The summed E-state index contributed by atoms with van der Waals surface area (Å²) >= 11 is 0. The number of unbranched alkanes of at least 4 members (excludes halogenated alkanes) is 2. The first-order valence-corrected chi connectivity index (χ1v) is 5.43. The lowest BCUT2D eigenvalue weighted by molar-refractivity contribution is 0.351. The maximum atomic E-state index is 3.74. The third-order valence-electron chi connectivity index (χ3n) is 2.34. The predicted octanol–water partition coefficient (Wildman–Crippen LogP) is 3.28. The lowest BCUT2D eigenvalue weighted by Crippen LogP contribution is -2.18. The van der Waals surface area contributed by atoms with Crippen LogP contribution < -0.4 is 0 Å². The summed E-state index contributed by atoms with van der Waals surface area (Å²) in [5, 5.41) is 0. The molecule has 0 fully saturated rings. The monoisotopic (exact) mass is 193 g/mol. The number of hydrogen-bond acceptors (Lipinski definition) is 1. The fourth-order valence-corrected chi connectivity index (χ4v) is 1.49. The molecule has 1 unspecified atom stereocenters. The lowest BCUT2D eigenvalue weighted by atomic mass is 10.0. The molecule has 0 aliphatic heterocycles. The average molecular weight is 193 g/mol. The highest BCUT2D eigenvalue weighted by atomic mass is 15.1. The van der Waals surface area contributed by atoms with Gasteiger partial charge in [0.05, 0.1) is 0 Å². The van der Waals surface area contributed by atoms with Crippen LogP contribution in [-0.4, -0.2) is 18.5 Å². The number of rotatable bonds is 7. The van der Waals surface area contributed by atoms with Crippen molar-refractivity contribution >= 4 is 0 Å². The largest absolute Gasteiger partial charge is 0.381 e.